The Bertz CT molecular complexity index is 670. The molecule has 0 saturated heterocycles. The molecule has 0 aliphatic carbocycles. The molecule has 3 heterocycles. The highest BCUT2D eigenvalue weighted by Crippen LogP contribution is 2.15. The van der Waals surface area contributed by atoms with Gasteiger partial charge in [0.1, 0.15) is 5.82 Å². The molecule has 0 fully saturated rings. The molecule has 1 aliphatic rings. The molecule has 1 atom stereocenters. The summed E-state index contributed by atoms with van der Waals surface area (Å²) in [5, 5.41) is 7.54. The highest BCUT2D eigenvalue weighted by molar-refractivity contribution is 5.78. The fourth-order valence-electron chi connectivity index (χ4n) is 2.91. The molecule has 3 rings (SSSR count). The van der Waals surface area contributed by atoms with E-state index in [9.17, 15) is 4.79 Å². The molecule has 0 radical (unpaired) electrons. The van der Waals surface area contributed by atoms with Gasteiger partial charge in [0.15, 0.2) is 0 Å². The zero-order valence-corrected chi connectivity index (χ0v) is 13.4. The number of fused-ring (bicyclic) bond motifs is 1. The largest absolute Gasteiger partial charge is 0.351 e. The topological polar surface area (TPSA) is 64.7 Å². The first-order valence-electron chi connectivity index (χ1n) is 7.87. The molecule has 22 heavy (non-hydrogen) atoms. The van der Waals surface area contributed by atoms with Gasteiger partial charge in [0, 0.05) is 37.4 Å². The van der Waals surface area contributed by atoms with Gasteiger partial charge in [-0.1, -0.05) is 0 Å². The Morgan fingerprint density at radius 1 is 1.50 bits per heavy atom. The minimum absolute atomic E-state index is 0.0410. The first-order valence-corrected chi connectivity index (χ1v) is 7.87. The maximum Gasteiger partial charge on any atom is 0.226 e. The number of carbonyl (C=O) groups is 1. The standard InChI is InChI=1S/C16H23N5O/c1-11(2)21-7-6-13(19-21)8-16(22)18-14-4-5-15-17-12(3)9-20(15)10-14/h6-7,9,11,14H,4-5,8,10H2,1-3H3,(H,18,22)/t14-/m1/s1. The summed E-state index contributed by atoms with van der Waals surface area (Å²) in [6, 6.07) is 2.41. The number of nitrogens with one attached hydrogen (secondary N) is 1. The maximum absolute atomic E-state index is 12.2. The molecular formula is C16H23N5O. The fraction of sp³-hybridized carbons (Fsp3) is 0.562. The molecule has 118 valence electrons. The zero-order valence-electron chi connectivity index (χ0n) is 13.4. The van der Waals surface area contributed by atoms with Crippen molar-refractivity contribution in [3.63, 3.8) is 0 Å². The number of amides is 1. The van der Waals surface area contributed by atoms with Gasteiger partial charge in [0.2, 0.25) is 5.91 Å². The van der Waals surface area contributed by atoms with Crippen molar-refractivity contribution in [2.45, 2.75) is 58.7 Å². The van der Waals surface area contributed by atoms with Gasteiger partial charge in [-0.25, -0.2) is 4.98 Å². The molecule has 0 bridgehead atoms. The zero-order chi connectivity index (χ0) is 15.7. The van der Waals surface area contributed by atoms with Gasteiger partial charge in [-0.3, -0.25) is 9.48 Å². The average molecular weight is 301 g/mol. The van der Waals surface area contributed by atoms with E-state index in [0.717, 1.165) is 36.6 Å². The molecule has 0 unspecified atom stereocenters. The number of imidazole rings is 1. The van der Waals surface area contributed by atoms with E-state index in [1.807, 2.05) is 23.9 Å². The second-order valence-electron chi connectivity index (χ2n) is 6.31. The van der Waals surface area contributed by atoms with Gasteiger partial charge >= 0.3 is 0 Å². The second-order valence-corrected chi connectivity index (χ2v) is 6.31. The number of carbonyl (C=O) groups excluding carboxylic acids is 1. The predicted molar refractivity (Wildman–Crippen MR) is 83.5 cm³/mol. The van der Waals surface area contributed by atoms with Crippen LogP contribution in [0.5, 0.6) is 0 Å². The van der Waals surface area contributed by atoms with Gasteiger partial charge in [-0.05, 0) is 33.3 Å². The summed E-state index contributed by atoms with van der Waals surface area (Å²) in [7, 11) is 0. The van der Waals surface area contributed by atoms with E-state index < -0.39 is 0 Å². The first-order chi connectivity index (χ1) is 10.5. The van der Waals surface area contributed by atoms with Crippen molar-refractivity contribution < 1.29 is 4.79 Å². The second kappa shape index (κ2) is 5.94. The van der Waals surface area contributed by atoms with Gasteiger partial charge < -0.3 is 9.88 Å². The maximum atomic E-state index is 12.2. The Morgan fingerprint density at radius 2 is 2.32 bits per heavy atom. The van der Waals surface area contributed by atoms with Crippen molar-refractivity contribution >= 4 is 5.91 Å². The minimum Gasteiger partial charge on any atom is -0.351 e. The van der Waals surface area contributed by atoms with E-state index in [1.54, 1.807) is 0 Å². The van der Waals surface area contributed by atoms with Crippen LogP contribution in [0.3, 0.4) is 0 Å². The highest BCUT2D eigenvalue weighted by atomic mass is 16.1. The summed E-state index contributed by atoms with van der Waals surface area (Å²) in [5.74, 6) is 1.16. The van der Waals surface area contributed by atoms with Gasteiger partial charge in [0.05, 0.1) is 17.8 Å². The minimum atomic E-state index is 0.0410. The van der Waals surface area contributed by atoms with E-state index in [-0.39, 0.29) is 11.9 Å². The van der Waals surface area contributed by atoms with Crippen molar-refractivity contribution in [1.82, 2.24) is 24.6 Å². The van der Waals surface area contributed by atoms with Crippen LogP contribution in [-0.4, -0.2) is 31.3 Å². The third kappa shape index (κ3) is 3.21. The molecule has 2 aromatic rings. The normalized spacial score (nSPS) is 17.5. The molecule has 1 aliphatic heterocycles. The van der Waals surface area contributed by atoms with Crippen molar-refractivity contribution in [1.29, 1.82) is 0 Å². The van der Waals surface area contributed by atoms with Crippen molar-refractivity contribution in [2.75, 3.05) is 0 Å². The Kier molecular flexibility index (Phi) is 4.00. The van der Waals surface area contributed by atoms with Crippen LogP contribution in [0.25, 0.3) is 0 Å². The molecule has 2 aromatic heterocycles. The third-order valence-corrected chi connectivity index (χ3v) is 4.01. The Morgan fingerprint density at radius 3 is 3.05 bits per heavy atom. The highest BCUT2D eigenvalue weighted by Gasteiger charge is 2.21. The van der Waals surface area contributed by atoms with Crippen LogP contribution in [0.15, 0.2) is 18.5 Å². The Labute approximate surface area is 130 Å². The predicted octanol–water partition coefficient (Wildman–Crippen LogP) is 1.64. The summed E-state index contributed by atoms with van der Waals surface area (Å²) in [4.78, 5) is 16.7. The van der Waals surface area contributed by atoms with Crippen molar-refractivity contribution in [3.8, 4) is 0 Å². The van der Waals surface area contributed by atoms with E-state index in [2.05, 4.69) is 40.0 Å². The summed E-state index contributed by atoms with van der Waals surface area (Å²) < 4.78 is 4.03. The smallest absolute Gasteiger partial charge is 0.226 e. The lowest BCUT2D eigenvalue weighted by atomic mass is 10.1. The first kappa shape index (κ1) is 14.8. The third-order valence-electron chi connectivity index (χ3n) is 4.01. The van der Waals surface area contributed by atoms with Crippen molar-refractivity contribution in [3.05, 3.63) is 35.7 Å². The Balaban J connectivity index is 1.56. The summed E-state index contributed by atoms with van der Waals surface area (Å²) in [6.45, 7) is 6.96. The molecule has 0 aromatic carbocycles. The number of aromatic nitrogens is 4. The molecule has 6 heteroatoms. The Hall–Kier alpha value is -2.11. The number of nitrogens with zero attached hydrogens (tertiary/aromatic N) is 4. The summed E-state index contributed by atoms with van der Waals surface area (Å²) in [5.41, 5.74) is 1.86. The van der Waals surface area contributed by atoms with Crippen molar-refractivity contribution in [2.24, 2.45) is 0 Å². The van der Waals surface area contributed by atoms with E-state index in [4.69, 9.17) is 0 Å². The SMILES string of the molecule is Cc1cn2c(n1)CC[C@@H](NC(=O)Cc1ccn(C(C)C)n1)C2. The van der Waals surface area contributed by atoms with Gasteiger partial charge in [-0.2, -0.15) is 5.10 Å². The number of aryl methyl sites for hydroxylation is 2. The van der Waals surface area contributed by atoms with E-state index in [1.165, 1.54) is 0 Å². The molecular weight excluding hydrogens is 278 g/mol. The molecule has 1 N–H and O–H groups in total. The number of hydrogen-bond donors (Lipinski definition) is 1. The lowest BCUT2D eigenvalue weighted by Gasteiger charge is -2.24. The molecule has 6 nitrogen and oxygen atoms in total. The average Bonchev–Trinajstić information content (AvgIpc) is 3.03. The number of rotatable bonds is 4. The number of hydrogen-bond acceptors (Lipinski definition) is 3. The van der Waals surface area contributed by atoms with Crippen LogP contribution < -0.4 is 5.32 Å². The van der Waals surface area contributed by atoms with Crippen LogP contribution in [0, 0.1) is 6.92 Å². The summed E-state index contributed by atoms with van der Waals surface area (Å²) >= 11 is 0. The lowest BCUT2D eigenvalue weighted by molar-refractivity contribution is -0.121. The van der Waals surface area contributed by atoms with Crippen LogP contribution >= 0.6 is 0 Å². The van der Waals surface area contributed by atoms with E-state index in [0.29, 0.717) is 12.5 Å². The fourth-order valence-corrected chi connectivity index (χ4v) is 2.91. The molecule has 0 saturated carbocycles. The molecule has 1 amide bonds. The van der Waals surface area contributed by atoms with Crippen LogP contribution in [0.4, 0.5) is 0 Å². The quantitative estimate of drug-likeness (QED) is 0.933. The molecule has 0 spiro atoms. The van der Waals surface area contributed by atoms with Crippen LogP contribution in [0.1, 0.15) is 43.5 Å². The van der Waals surface area contributed by atoms with E-state index >= 15 is 0 Å². The van der Waals surface area contributed by atoms with Crippen LogP contribution in [0.2, 0.25) is 0 Å². The summed E-state index contributed by atoms with van der Waals surface area (Å²) in [6.07, 6.45) is 6.18. The van der Waals surface area contributed by atoms with Gasteiger partial charge in [0.25, 0.3) is 0 Å². The van der Waals surface area contributed by atoms with Crippen LogP contribution in [-0.2, 0) is 24.2 Å². The lowest BCUT2D eigenvalue weighted by Crippen LogP contribution is -2.41. The monoisotopic (exact) mass is 301 g/mol. The van der Waals surface area contributed by atoms with Gasteiger partial charge in [-0.15, -0.1) is 0 Å².